The van der Waals surface area contributed by atoms with Gasteiger partial charge in [-0.1, -0.05) is 31.2 Å². The van der Waals surface area contributed by atoms with E-state index in [0.29, 0.717) is 0 Å². The van der Waals surface area contributed by atoms with Crippen LogP contribution in [-0.4, -0.2) is 14.1 Å². The molecule has 1 N–H and O–H groups in total. The van der Waals surface area contributed by atoms with Crippen molar-refractivity contribution in [2.45, 2.75) is 19.9 Å². The van der Waals surface area contributed by atoms with E-state index in [1.807, 2.05) is 0 Å². The van der Waals surface area contributed by atoms with E-state index in [1.165, 1.54) is 16.8 Å². The number of aryl methyl sites for hydroxylation is 1. The van der Waals surface area contributed by atoms with Gasteiger partial charge >= 0.3 is 0 Å². The SMILES string of the molecule is CCc1ccccc1CNc1ccc(N(C)C)cc1. The lowest BCUT2D eigenvalue weighted by atomic mass is 10.1. The van der Waals surface area contributed by atoms with Crippen LogP contribution < -0.4 is 10.2 Å². The van der Waals surface area contributed by atoms with Crippen LogP contribution in [0.1, 0.15) is 18.1 Å². The molecule has 0 radical (unpaired) electrons. The van der Waals surface area contributed by atoms with Crippen molar-refractivity contribution in [2.24, 2.45) is 0 Å². The molecule has 0 aliphatic heterocycles. The molecule has 0 unspecified atom stereocenters. The van der Waals surface area contributed by atoms with Crippen LogP contribution in [0.2, 0.25) is 0 Å². The van der Waals surface area contributed by atoms with Gasteiger partial charge in [0, 0.05) is 32.0 Å². The fourth-order valence-corrected chi connectivity index (χ4v) is 2.15. The number of anilines is 2. The van der Waals surface area contributed by atoms with Crippen LogP contribution in [0.5, 0.6) is 0 Å². The molecule has 2 aromatic carbocycles. The van der Waals surface area contributed by atoms with Crippen molar-refractivity contribution in [1.29, 1.82) is 0 Å². The molecular weight excluding hydrogens is 232 g/mol. The number of rotatable bonds is 5. The molecule has 2 rings (SSSR count). The Morgan fingerprint density at radius 1 is 0.895 bits per heavy atom. The summed E-state index contributed by atoms with van der Waals surface area (Å²) in [4.78, 5) is 2.11. The van der Waals surface area contributed by atoms with E-state index in [1.54, 1.807) is 0 Å². The Hall–Kier alpha value is -1.96. The summed E-state index contributed by atoms with van der Waals surface area (Å²) in [5, 5.41) is 3.48. The van der Waals surface area contributed by atoms with Gasteiger partial charge < -0.3 is 10.2 Å². The molecule has 0 atom stereocenters. The molecule has 0 bridgehead atoms. The minimum absolute atomic E-state index is 0.880. The van der Waals surface area contributed by atoms with Gasteiger partial charge in [-0.25, -0.2) is 0 Å². The molecule has 0 heterocycles. The Labute approximate surface area is 116 Å². The van der Waals surface area contributed by atoms with E-state index in [-0.39, 0.29) is 0 Å². The van der Waals surface area contributed by atoms with E-state index in [2.05, 4.69) is 79.8 Å². The maximum absolute atomic E-state index is 3.48. The van der Waals surface area contributed by atoms with E-state index >= 15 is 0 Å². The summed E-state index contributed by atoms with van der Waals surface area (Å²) in [6.45, 7) is 3.08. The third-order valence-corrected chi connectivity index (χ3v) is 3.37. The van der Waals surface area contributed by atoms with Gasteiger partial charge in [-0.2, -0.15) is 0 Å². The minimum Gasteiger partial charge on any atom is -0.381 e. The lowest BCUT2D eigenvalue weighted by molar-refractivity contribution is 1.04. The van der Waals surface area contributed by atoms with Crippen LogP contribution in [0.15, 0.2) is 48.5 Å². The second-order valence-electron chi connectivity index (χ2n) is 4.92. The number of hydrogen-bond acceptors (Lipinski definition) is 2. The summed E-state index contributed by atoms with van der Waals surface area (Å²) < 4.78 is 0. The van der Waals surface area contributed by atoms with Crippen LogP contribution in [0.25, 0.3) is 0 Å². The summed E-state index contributed by atoms with van der Waals surface area (Å²) in [6.07, 6.45) is 1.08. The normalized spacial score (nSPS) is 10.3. The Bertz CT molecular complexity index is 515. The van der Waals surface area contributed by atoms with Crippen molar-refractivity contribution in [2.75, 3.05) is 24.3 Å². The highest BCUT2D eigenvalue weighted by Crippen LogP contribution is 2.17. The molecule has 2 nitrogen and oxygen atoms in total. The van der Waals surface area contributed by atoms with Crippen molar-refractivity contribution in [3.63, 3.8) is 0 Å². The number of nitrogens with one attached hydrogen (secondary N) is 1. The number of nitrogens with zero attached hydrogens (tertiary/aromatic N) is 1. The summed E-state index contributed by atoms with van der Waals surface area (Å²) >= 11 is 0. The lowest BCUT2D eigenvalue weighted by Gasteiger charge is -2.14. The molecule has 100 valence electrons. The van der Waals surface area contributed by atoms with E-state index < -0.39 is 0 Å². The van der Waals surface area contributed by atoms with Crippen LogP contribution in [0.3, 0.4) is 0 Å². The number of hydrogen-bond donors (Lipinski definition) is 1. The maximum atomic E-state index is 3.48. The average molecular weight is 254 g/mol. The molecule has 0 saturated carbocycles. The zero-order chi connectivity index (χ0) is 13.7. The molecule has 2 aromatic rings. The predicted octanol–water partition coefficient (Wildman–Crippen LogP) is 3.93. The summed E-state index contributed by atoms with van der Waals surface area (Å²) in [6, 6.07) is 17.1. The standard InChI is InChI=1S/C17H22N2/c1-4-14-7-5-6-8-15(14)13-18-16-9-11-17(12-10-16)19(2)3/h5-12,18H,4,13H2,1-3H3. The number of benzene rings is 2. The van der Waals surface area contributed by atoms with E-state index in [0.717, 1.165) is 18.7 Å². The Morgan fingerprint density at radius 2 is 1.53 bits per heavy atom. The minimum atomic E-state index is 0.880. The van der Waals surface area contributed by atoms with Crippen molar-refractivity contribution in [1.82, 2.24) is 0 Å². The first-order chi connectivity index (χ1) is 9.20. The van der Waals surface area contributed by atoms with Crippen molar-refractivity contribution >= 4 is 11.4 Å². The Morgan fingerprint density at radius 3 is 2.11 bits per heavy atom. The van der Waals surface area contributed by atoms with Crippen molar-refractivity contribution in [3.8, 4) is 0 Å². The monoisotopic (exact) mass is 254 g/mol. The largest absolute Gasteiger partial charge is 0.381 e. The summed E-state index contributed by atoms with van der Waals surface area (Å²) in [7, 11) is 4.11. The van der Waals surface area contributed by atoms with Crippen LogP contribution in [0.4, 0.5) is 11.4 Å². The molecule has 0 aliphatic rings. The highest BCUT2D eigenvalue weighted by atomic mass is 15.1. The first-order valence-electron chi connectivity index (χ1n) is 6.78. The fraction of sp³-hybridized carbons (Fsp3) is 0.294. The second kappa shape index (κ2) is 6.28. The van der Waals surface area contributed by atoms with Gasteiger partial charge in [0.2, 0.25) is 0 Å². The molecule has 0 fully saturated rings. The first kappa shape index (κ1) is 13.5. The average Bonchev–Trinajstić information content (AvgIpc) is 2.45. The second-order valence-corrected chi connectivity index (χ2v) is 4.92. The Kier molecular flexibility index (Phi) is 4.45. The highest BCUT2D eigenvalue weighted by molar-refractivity contribution is 5.54. The molecule has 0 aromatic heterocycles. The maximum Gasteiger partial charge on any atom is 0.0403 e. The van der Waals surface area contributed by atoms with Gasteiger partial charge in [0.1, 0.15) is 0 Å². The quantitative estimate of drug-likeness (QED) is 0.869. The van der Waals surface area contributed by atoms with Crippen LogP contribution in [-0.2, 0) is 13.0 Å². The molecule has 2 heteroatoms. The van der Waals surface area contributed by atoms with Gasteiger partial charge in [-0.15, -0.1) is 0 Å². The van der Waals surface area contributed by atoms with E-state index in [9.17, 15) is 0 Å². The van der Waals surface area contributed by atoms with Gasteiger partial charge in [-0.3, -0.25) is 0 Å². The molecule has 0 amide bonds. The molecule has 19 heavy (non-hydrogen) atoms. The van der Waals surface area contributed by atoms with Crippen molar-refractivity contribution in [3.05, 3.63) is 59.7 Å². The van der Waals surface area contributed by atoms with E-state index in [4.69, 9.17) is 0 Å². The highest BCUT2D eigenvalue weighted by Gasteiger charge is 2.00. The summed E-state index contributed by atoms with van der Waals surface area (Å²) in [5.41, 5.74) is 5.18. The van der Waals surface area contributed by atoms with Gasteiger partial charge in [-0.05, 0) is 41.8 Å². The Balaban J connectivity index is 2.02. The third kappa shape index (κ3) is 3.50. The smallest absolute Gasteiger partial charge is 0.0403 e. The molecule has 0 spiro atoms. The van der Waals surface area contributed by atoms with Gasteiger partial charge in [0.05, 0.1) is 0 Å². The molecule has 0 aliphatic carbocycles. The zero-order valence-electron chi connectivity index (χ0n) is 12.0. The first-order valence-corrected chi connectivity index (χ1v) is 6.78. The predicted molar refractivity (Wildman–Crippen MR) is 83.9 cm³/mol. The van der Waals surface area contributed by atoms with Gasteiger partial charge in [0.25, 0.3) is 0 Å². The third-order valence-electron chi connectivity index (χ3n) is 3.37. The van der Waals surface area contributed by atoms with Crippen LogP contribution >= 0.6 is 0 Å². The zero-order valence-corrected chi connectivity index (χ0v) is 12.0. The topological polar surface area (TPSA) is 15.3 Å². The van der Waals surface area contributed by atoms with Crippen molar-refractivity contribution < 1.29 is 0 Å². The molecular formula is C17H22N2. The fourth-order valence-electron chi connectivity index (χ4n) is 2.15. The summed E-state index contributed by atoms with van der Waals surface area (Å²) in [5.74, 6) is 0. The van der Waals surface area contributed by atoms with Crippen LogP contribution in [0, 0.1) is 0 Å². The molecule has 0 saturated heterocycles. The van der Waals surface area contributed by atoms with Gasteiger partial charge in [0.15, 0.2) is 0 Å². The lowest BCUT2D eigenvalue weighted by Crippen LogP contribution is -2.08.